The van der Waals surface area contributed by atoms with E-state index in [1.165, 1.54) is 12.1 Å². The number of anilines is 1. The number of nitrogens with two attached hydrogens (primary N) is 1. The van der Waals surface area contributed by atoms with Crippen molar-refractivity contribution in [2.24, 2.45) is 10.7 Å². The molecule has 11 heteroatoms. The normalized spacial score (nSPS) is 19.0. The predicted octanol–water partition coefficient (Wildman–Crippen LogP) is 4.30. The molecule has 0 spiro atoms. The number of amides is 1. The van der Waals surface area contributed by atoms with Crippen molar-refractivity contribution in [3.63, 3.8) is 0 Å². The summed E-state index contributed by atoms with van der Waals surface area (Å²) < 4.78 is 41.1. The number of hydrogen-bond donors (Lipinski definition) is 2. The number of likely N-dealkylation sites (N-methyl/N-ethyl adjacent to an activating group) is 1. The number of carbonyl (C=O) groups excluding carboxylic acids is 1. The molecule has 2 aliphatic heterocycles. The molecule has 3 aromatic rings. The number of nitrogens with zero attached hydrogens (tertiary/aromatic N) is 5. The first kappa shape index (κ1) is 26.5. The predicted molar refractivity (Wildman–Crippen MR) is 143 cm³/mol. The summed E-state index contributed by atoms with van der Waals surface area (Å²) in [6.07, 6.45) is -2.34. The van der Waals surface area contributed by atoms with Gasteiger partial charge in [-0.15, -0.1) is 0 Å². The van der Waals surface area contributed by atoms with Crippen LogP contribution >= 0.6 is 0 Å². The number of halogens is 3. The lowest BCUT2D eigenvalue weighted by Crippen LogP contribution is -2.32. The fraction of sp³-hybridized carbons (Fsp3) is 0.321. The van der Waals surface area contributed by atoms with Crippen molar-refractivity contribution < 1.29 is 18.0 Å². The van der Waals surface area contributed by atoms with E-state index in [1.54, 1.807) is 29.4 Å². The van der Waals surface area contributed by atoms with Gasteiger partial charge >= 0.3 is 6.18 Å². The van der Waals surface area contributed by atoms with E-state index in [-0.39, 0.29) is 11.6 Å². The molecule has 0 aliphatic carbocycles. The van der Waals surface area contributed by atoms with Gasteiger partial charge in [-0.25, -0.2) is 9.67 Å². The molecule has 1 amide bonds. The van der Waals surface area contributed by atoms with Crippen molar-refractivity contribution in [3.8, 4) is 11.8 Å². The van der Waals surface area contributed by atoms with Crippen LogP contribution in [0.15, 0.2) is 47.5 Å². The summed E-state index contributed by atoms with van der Waals surface area (Å²) in [5.74, 6) is 6.37. The largest absolute Gasteiger partial charge is 0.416 e. The molecule has 2 aliphatic rings. The number of nitrogens with one attached hydrogen (secondary N) is 1. The Hall–Kier alpha value is -4.14. The van der Waals surface area contributed by atoms with E-state index in [4.69, 9.17) is 10.8 Å². The molecule has 3 heterocycles. The molecule has 5 rings (SSSR count). The summed E-state index contributed by atoms with van der Waals surface area (Å²) in [6, 6.07) is 9.63. The van der Waals surface area contributed by atoms with E-state index in [2.05, 4.69) is 34.1 Å². The molecule has 1 fully saturated rings. The number of aromatic nitrogens is 2. The lowest BCUT2D eigenvalue weighted by Gasteiger charge is -2.26. The first-order chi connectivity index (χ1) is 18.5. The second kappa shape index (κ2) is 10.2. The SMILES string of the molecule is Cc1ccc(NC(=O)c2cccc(C(F)(F)F)c2)cc1C#Cc1nn([C@@H]2CCN(C)C2)c2c1C(N)N(C)C=N2. The van der Waals surface area contributed by atoms with Gasteiger partial charge < -0.3 is 20.9 Å². The molecular weight excluding hydrogens is 507 g/mol. The molecule has 0 radical (unpaired) electrons. The van der Waals surface area contributed by atoms with Crippen molar-refractivity contribution in [1.29, 1.82) is 0 Å². The second-order valence-electron chi connectivity index (χ2n) is 9.90. The third-order valence-corrected chi connectivity index (χ3v) is 6.99. The third kappa shape index (κ3) is 5.39. The molecule has 39 heavy (non-hydrogen) atoms. The zero-order valence-electron chi connectivity index (χ0n) is 21.8. The Morgan fingerprint density at radius 1 is 1.15 bits per heavy atom. The van der Waals surface area contributed by atoms with E-state index in [9.17, 15) is 18.0 Å². The molecule has 2 aromatic carbocycles. The number of rotatable bonds is 3. The van der Waals surface area contributed by atoms with Crippen LogP contribution in [-0.2, 0) is 6.18 Å². The average molecular weight is 536 g/mol. The lowest BCUT2D eigenvalue weighted by molar-refractivity contribution is -0.137. The van der Waals surface area contributed by atoms with Crippen molar-refractivity contribution in [2.45, 2.75) is 31.7 Å². The van der Waals surface area contributed by atoms with Crippen LogP contribution in [0.2, 0.25) is 0 Å². The summed E-state index contributed by atoms with van der Waals surface area (Å²) in [5, 5.41) is 7.48. The highest BCUT2D eigenvalue weighted by atomic mass is 19.4. The van der Waals surface area contributed by atoms with Gasteiger partial charge in [-0.3, -0.25) is 4.79 Å². The van der Waals surface area contributed by atoms with Crippen LogP contribution in [0, 0.1) is 18.8 Å². The first-order valence-corrected chi connectivity index (χ1v) is 12.4. The Bertz CT molecular complexity index is 1520. The van der Waals surface area contributed by atoms with E-state index >= 15 is 0 Å². The fourth-order valence-electron chi connectivity index (χ4n) is 4.72. The van der Waals surface area contributed by atoms with Gasteiger partial charge in [0.2, 0.25) is 0 Å². The van der Waals surface area contributed by atoms with Crippen LogP contribution in [0.5, 0.6) is 0 Å². The lowest BCUT2D eigenvalue weighted by atomic mass is 10.1. The molecule has 202 valence electrons. The average Bonchev–Trinajstić information content (AvgIpc) is 3.49. The van der Waals surface area contributed by atoms with Crippen molar-refractivity contribution in [1.82, 2.24) is 19.6 Å². The molecule has 8 nitrogen and oxygen atoms in total. The highest BCUT2D eigenvalue weighted by Crippen LogP contribution is 2.36. The monoisotopic (exact) mass is 535 g/mol. The Morgan fingerprint density at radius 3 is 2.67 bits per heavy atom. The first-order valence-electron chi connectivity index (χ1n) is 12.4. The molecule has 1 unspecified atom stereocenters. The number of hydrogen-bond acceptors (Lipinski definition) is 6. The zero-order valence-corrected chi connectivity index (χ0v) is 21.8. The van der Waals surface area contributed by atoms with Crippen LogP contribution < -0.4 is 11.1 Å². The van der Waals surface area contributed by atoms with Crippen molar-refractivity contribution in [2.75, 3.05) is 32.5 Å². The van der Waals surface area contributed by atoms with Gasteiger partial charge in [-0.2, -0.15) is 18.3 Å². The van der Waals surface area contributed by atoms with Crippen molar-refractivity contribution >= 4 is 23.8 Å². The Labute approximate surface area is 224 Å². The number of fused-ring (bicyclic) bond motifs is 1. The smallest absolute Gasteiger partial charge is 0.346 e. The number of likely N-dealkylation sites (tertiary alicyclic amines) is 1. The molecule has 0 saturated carbocycles. The van der Waals surface area contributed by atoms with Crippen LogP contribution in [0.3, 0.4) is 0 Å². The maximum atomic E-state index is 13.1. The van der Waals surface area contributed by atoms with E-state index in [0.717, 1.165) is 42.8 Å². The molecule has 0 bridgehead atoms. The number of benzene rings is 2. The summed E-state index contributed by atoms with van der Waals surface area (Å²) >= 11 is 0. The van der Waals surface area contributed by atoms with Gasteiger partial charge in [0.15, 0.2) is 5.82 Å². The fourth-order valence-corrected chi connectivity index (χ4v) is 4.72. The highest BCUT2D eigenvalue weighted by molar-refractivity contribution is 6.04. The zero-order chi connectivity index (χ0) is 27.9. The summed E-state index contributed by atoms with van der Waals surface area (Å²) in [5.41, 5.74) is 8.72. The molecule has 2 atom stereocenters. The van der Waals surface area contributed by atoms with Gasteiger partial charge in [0.25, 0.3) is 5.91 Å². The summed E-state index contributed by atoms with van der Waals surface area (Å²) in [4.78, 5) is 21.3. The summed E-state index contributed by atoms with van der Waals surface area (Å²) in [6.45, 7) is 3.71. The van der Waals surface area contributed by atoms with Crippen LogP contribution in [-0.4, -0.2) is 59.0 Å². The van der Waals surface area contributed by atoms with Crippen LogP contribution in [0.1, 0.15) is 56.9 Å². The quantitative estimate of drug-likeness (QED) is 0.488. The number of alkyl halides is 3. The van der Waals surface area contributed by atoms with E-state index in [0.29, 0.717) is 22.8 Å². The van der Waals surface area contributed by atoms with Gasteiger partial charge in [0.05, 0.1) is 23.5 Å². The minimum absolute atomic E-state index is 0.0913. The highest BCUT2D eigenvalue weighted by Gasteiger charge is 2.32. The number of aliphatic imine (C=N–C) groups is 1. The van der Waals surface area contributed by atoms with Crippen molar-refractivity contribution in [3.05, 3.63) is 76.0 Å². The number of aryl methyl sites for hydroxylation is 1. The maximum absolute atomic E-state index is 13.1. The van der Waals surface area contributed by atoms with E-state index < -0.39 is 23.8 Å². The van der Waals surface area contributed by atoms with Gasteiger partial charge in [-0.05, 0) is 62.2 Å². The van der Waals surface area contributed by atoms with Gasteiger partial charge in [0, 0.05) is 37.0 Å². The Balaban J connectivity index is 1.44. The minimum atomic E-state index is -4.54. The maximum Gasteiger partial charge on any atom is 0.416 e. The topological polar surface area (TPSA) is 91.8 Å². The molecule has 3 N–H and O–H groups in total. The van der Waals surface area contributed by atoms with E-state index in [1.807, 2.05) is 18.7 Å². The Morgan fingerprint density at radius 2 is 1.95 bits per heavy atom. The molecule has 1 saturated heterocycles. The molecular formula is C28H28F3N7O. The standard InChI is InChI=1S/C28H28F3N7O/c1-17-7-9-21(34-27(39)19-5-4-6-20(13-19)28(29,30)31)14-18(17)8-10-23-24-25(32)37(3)16-33-26(24)38(35-23)22-11-12-36(2)15-22/h4-7,9,13-14,16,22,25H,11-12,15,32H2,1-3H3,(H,34,39)/t22-,25?/m1/s1. The minimum Gasteiger partial charge on any atom is -0.346 e. The van der Waals surface area contributed by atoms with Gasteiger partial charge in [-0.1, -0.05) is 18.1 Å². The van der Waals surface area contributed by atoms with Crippen LogP contribution in [0.25, 0.3) is 0 Å². The summed E-state index contributed by atoms with van der Waals surface area (Å²) in [7, 11) is 3.91. The second-order valence-corrected chi connectivity index (χ2v) is 9.90. The van der Waals surface area contributed by atoms with Gasteiger partial charge in [0.1, 0.15) is 11.9 Å². The third-order valence-electron chi connectivity index (χ3n) is 6.99. The molecule has 1 aromatic heterocycles. The number of carbonyl (C=O) groups is 1. The van der Waals surface area contributed by atoms with Crippen LogP contribution in [0.4, 0.5) is 24.7 Å². The Kier molecular flexibility index (Phi) is 6.92.